The molecule has 2 N–H and O–H groups in total. The van der Waals surface area contributed by atoms with Gasteiger partial charge >= 0.3 is 10.6 Å². The fourth-order valence-corrected chi connectivity index (χ4v) is 3.89. The number of nitrogens with zero attached hydrogens (tertiary/aromatic N) is 2. The van der Waals surface area contributed by atoms with Crippen LogP contribution < -0.4 is 16.1 Å². The van der Waals surface area contributed by atoms with Crippen LogP contribution in [0.4, 0.5) is 5.00 Å². The zero-order valence-corrected chi connectivity index (χ0v) is 13.8. The number of nitrogens with two attached hydrogens (primary N) is 1. The molecule has 9 heteroatoms. The van der Waals surface area contributed by atoms with Gasteiger partial charge in [0.25, 0.3) is 0 Å². The largest absolute Gasteiger partial charge is 0.439 e. The van der Waals surface area contributed by atoms with Crippen molar-refractivity contribution in [2.24, 2.45) is 5.73 Å². The second-order valence-electron chi connectivity index (χ2n) is 5.49. The van der Waals surface area contributed by atoms with Crippen molar-refractivity contribution >= 4 is 27.3 Å². The van der Waals surface area contributed by atoms with Crippen LogP contribution in [-0.4, -0.2) is 4.92 Å². The quantitative estimate of drug-likeness (QED) is 0.418. The lowest BCUT2D eigenvalue weighted by molar-refractivity contribution is -0.380. The van der Waals surface area contributed by atoms with Crippen LogP contribution in [-0.2, 0) is 0 Å². The Hall–Kier alpha value is -3.64. The van der Waals surface area contributed by atoms with Crippen LogP contribution in [0.1, 0.15) is 16.4 Å². The average molecular weight is 367 g/mol. The van der Waals surface area contributed by atoms with Gasteiger partial charge in [-0.25, -0.2) is 4.79 Å². The van der Waals surface area contributed by atoms with Gasteiger partial charge in [0.05, 0.1) is 21.8 Å². The van der Waals surface area contributed by atoms with Crippen LogP contribution in [0.25, 0.3) is 11.0 Å². The van der Waals surface area contributed by atoms with Gasteiger partial charge in [0.2, 0.25) is 5.88 Å². The van der Waals surface area contributed by atoms with Crippen LogP contribution in [0.2, 0.25) is 0 Å². The van der Waals surface area contributed by atoms with E-state index in [9.17, 15) is 20.2 Å². The van der Waals surface area contributed by atoms with Crippen LogP contribution in [0.5, 0.6) is 5.75 Å². The lowest BCUT2D eigenvalue weighted by atomic mass is 9.88. The Morgan fingerprint density at radius 1 is 1.27 bits per heavy atom. The molecule has 0 amide bonds. The molecule has 0 saturated heterocycles. The maximum absolute atomic E-state index is 12.6. The number of fused-ring (bicyclic) bond motifs is 3. The topological polar surface area (TPSA) is 132 Å². The smallest absolute Gasteiger partial charge is 0.344 e. The van der Waals surface area contributed by atoms with Gasteiger partial charge in [-0.05, 0) is 18.2 Å². The number of allylic oxidation sites excluding steroid dienone is 1. The molecule has 1 aromatic carbocycles. The summed E-state index contributed by atoms with van der Waals surface area (Å²) in [5.41, 5.74) is 5.67. The van der Waals surface area contributed by atoms with Gasteiger partial charge in [-0.15, -0.1) is 0 Å². The lowest BCUT2D eigenvalue weighted by Gasteiger charge is -2.24. The summed E-state index contributed by atoms with van der Waals surface area (Å²) >= 11 is 0.870. The molecule has 1 aliphatic rings. The highest BCUT2D eigenvalue weighted by atomic mass is 32.1. The Morgan fingerprint density at radius 3 is 2.73 bits per heavy atom. The Bertz CT molecular complexity index is 1200. The molecular formula is C17H9N3O5S. The first-order valence-corrected chi connectivity index (χ1v) is 8.20. The van der Waals surface area contributed by atoms with Crippen LogP contribution >= 0.6 is 11.3 Å². The first-order valence-electron chi connectivity index (χ1n) is 7.38. The van der Waals surface area contributed by atoms with Gasteiger partial charge in [0, 0.05) is 10.9 Å². The molecule has 0 radical (unpaired) electrons. The van der Waals surface area contributed by atoms with E-state index in [1.54, 1.807) is 24.3 Å². The molecule has 8 nitrogen and oxygen atoms in total. The summed E-state index contributed by atoms with van der Waals surface area (Å²) in [6.07, 6.45) is 0. The number of benzene rings is 1. The molecule has 0 aliphatic carbocycles. The van der Waals surface area contributed by atoms with E-state index in [1.165, 1.54) is 12.1 Å². The Labute approximate surface area is 149 Å². The molecular weight excluding hydrogens is 358 g/mol. The number of nitro groups is 1. The minimum absolute atomic E-state index is 0.0110. The second-order valence-corrected chi connectivity index (χ2v) is 6.58. The molecule has 1 aliphatic heterocycles. The molecule has 0 bridgehead atoms. The van der Waals surface area contributed by atoms with Crippen molar-refractivity contribution < 1.29 is 14.1 Å². The van der Waals surface area contributed by atoms with E-state index in [2.05, 4.69) is 0 Å². The van der Waals surface area contributed by atoms with Crippen molar-refractivity contribution in [1.29, 1.82) is 5.26 Å². The highest BCUT2D eigenvalue weighted by Crippen LogP contribution is 2.45. The molecule has 3 heterocycles. The predicted molar refractivity (Wildman–Crippen MR) is 92.8 cm³/mol. The Balaban J connectivity index is 2.05. The fraction of sp³-hybridized carbons (Fsp3) is 0.0588. The number of thiophene rings is 1. The minimum Gasteiger partial charge on any atom is -0.439 e. The number of para-hydroxylation sites is 1. The fourth-order valence-electron chi connectivity index (χ4n) is 2.95. The van der Waals surface area contributed by atoms with Gasteiger partial charge in [0.15, 0.2) is 5.75 Å². The minimum atomic E-state index is -0.886. The number of hydrogen-bond donors (Lipinski definition) is 1. The van der Waals surface area contributed by atoms with Crippen molar-refractivity contribution in [2.45, 2.75) is 5.92 Å². The van der Waals surface area contributed by atoms with Crippen molar-refractivity contribution in [3.05, 3.63) is 78.8 Å². The van der Waals surface area contributed by atoms with Gasteiger partial charge in [-0.3, -0.25) is 10.1 Å². The maximum atomic E-state index is 12.6. The standard InChI is InChI=1S/C17H9N3O5S/c18-7-9-13(11-5-6-12(26-11)20(22)23)14-15(25-16(9)19)8-3-1-2-4-10(8)24-17(14)21/h1-6,13H,19H2. The third-order valence-electron chi connectivity index (χ3n) is 4.05. The summed E-state index contributed by atoms with van der Waals surface area (Å²) in [4.78, 5) is 23.5. The van der Waals surface area contributed by atoms with E-state index < -0.39 is 16.5 Å². The van der Waals surface area contributed by atoms with Gasteiger partial charge < -0.3 is 14.9 Å². The number of ether oxygens (including phenoxy) is 1. The zero-order valence-electron chi connectivity index (χ0n) is 13.0. The molecule has 3 aromatic rings. The van der Waals surface area contributed by atoms with E-state index in [4.69, 9.17) is 14.9 Å². The second kappa shape index (κ2) is 5.72. The van der Waals surface area contributed by atoms with Crippen LogP contribution in [0, 0.1) is 21.4 Å². The first-order chi connectivity index (χ1) is 12.5. The average Bonchev–Trinajstić information content (AvgIpc) is 3.11. The molecule has 26 heavy (non-hydrogen) atoms. The van der Waals surface area contributed by atoms with E-state index in [0.717, 1.165) is 11.3 Å². The molecule has 0 fully saturated rings. The normalized spacial score (nSPS) is 16.0. The third-order valence-corrected chi connectivity index (χ3v) is 5.15. The SMILES string of the molecule is N#CC1=C(N)Oc2c(c(=O)oc3ccccc23)C1c1ccc([N+](=O)[O-])s1. The first kappa shape index (κ1) is 15.9. The summed E-state index contributed by atoms with van der Waals surface area (Å²) in [6.45, 7) is 0. The molecule has 128 valence electrons. The molecule has 0 saturated carbocycles. The summed E-state index contributed by atoms with van der Waals surface area (Å²) in [7, 11) is 0. The van der Waals surface area contributed by atoms with E-state index in [1.807, 2.05) is 6.07 Å². The van der Waals surface area contributed by atoms with Crippen molar-refractivity contribution in [1.82, 2.24) is 0 Å². The van der Waals surface area contributed by atoms with Crippen LogP contribution in [0.15, 0.2) is 57.1 Å². The van der Waals surface area contributed by atoms with Crippen molar-refractivity contribution in [2.75, 3.05) is 0 Å². The van der Waals surface area contributed by atoms with Gasteiger partial charge in [-0.1, -0.05) is 23.5 Å². The number of hydrogen-bond acceptors (Lipinski definition) is 8. The molecule has 0 spiro atoms. The third kappa shape index (κ3) is 2.24. The highest BCUT2D eigenvalue weighted by molar-refractivity contribution is 7.15. The predicted octanol–water partition coefficient (Wildman–Crippen LogP) is 2.98. The lowest BCUT2D eigenvalue weighted by Crippen LogP contribution is -2.25. The van der Waals surface area contributed by atoms with Crippen molar-refractivity contribution in [3.63, 3.8) is 0 Å². The molecule has 4 rings (SSSR count). The summed E-state index contributed by atoms with van der Waals surface area (Å²) in [5.74, 6) is -0.825. The van der Waals surface area contributed by atoms with E-state index in [-0.39, 0.29) is 27.8 Å². The van der Waals surface area contributed by atoms with E-state index in [0.29, 0.717) is 15.8 Å². The van der Waals surface area contributed by atoms with Crippen LogP contribution in [0.3, 0.4) is 0 Å². The maximum Gasteiger partial charge on any atom is 0.344 e. The zero-order chi connectivity index (χ0) is 18.4. The summed E-state index contributed by atoms with van der Waals surface area (Å²) < 4.78 is 10.9. The number of rotatable bonds is 2. The number of nitriles is 1. The Morgan fingerprint density at radius 2 is 2.04 bits per heavy atom. The summed E-state index contributed by atoms with van der Waals surface area (Å²) in [6, 6.07) is 11.5. The van der Waals surface area contributed by atoms with E-state index >= 15 is 0 Å². The van der Waals surface area contributed by atoms with Crippen molar-refractivity contribution in [3.8, 4) is 11.8 Å². The monoisotopic (exact) mass is 367 g/mol. The highest BCUT2D eigenvalue weighted by Gasteiger charge is 2.37. The van der Waals surface area contributed by atoms with Gasteiger partial charge in [0.1, 0.15) is 17.2 Å². The molecule has 2 aromatic heterocycles. The summed E-state index contributed by atoms with van der Waals surface area (Å²) in [5, 5.41) is 20.9. The molecule has 1 atom stereocenters. The Kier molecular flexibility index (Phi) is 3.49. The molecule has 1 unspecified atom stereocenters. The van der Waals surface area contributed by atoms with Gasteiger partial charge in [-0.2, -0.15) is 5.26 Å².